The maximum Gasteiger partial charge on any atom is 0.426 e. The van der Waals surface area contributed by atoms with Crippen LogP contribution in [0.2, 0.25) is 0 Å². The standard InChI is InChI=1S/C16H15NO5S/c1-2-12-22-14-10-6-7-11-15(14)23(20,21)17(16(18)19)13-8-4-3-5-9-13/h2-11H,1,12H2,(H,18,19). The average molecular weight is 333 g/mol. The summed E-state index contributed by atoms with van der Waals surface area (Å²) in [4.78, 5) is 11.3. The third kappa shape index (κ3) is 3.51. The van der Waals surface area contributed by atoms with Gasteiger partial charge in [-0.25, -0.2) is 13.2 Å². The summed E-state index contributed by atoms with van der Waals surface area (Å²) < 4.78 is 31.2. The Hall–Kier alpha value is -2.80. The minimum absolute atomic E-state index is 0.0264. The minimum atomic E-state index is -4.34. The van der Waals surface area contributed by atoms with Crippen molar-refractivity contribution < 1.29 is 23.1 Å². The zero-order chi connectivity index (χ0) is 16.9. The highest BCUT2D eigenvalue weighted by atomic mass is 32.2. The third-order valence-corrected chi connectivity index (χ3v) is 4.63. The fourth-order valence-corrected chi connectivity index (χ4v) is 3.38. The molecule has 7 heteroatoms. The average Bonchev–Trinajstić information content (AvgIpc) is 2.53. The molecule has 0 spiro atoms. The number of anilines is 1. The molecular weight excluding hydrogens is 318 g/mol. The van der Waals surface area contributed by atoms with Gasteiger partial charge < -0.3 is 9.84 Å². The van der Waals surface area contributed by atoms with Crippen molar-refractivity contribution in [3.8, 4) is 5.75 Å². The van der Waals surface area contributed by atoms with Crippen LogP contribution in [0.3, 0.4) is 0 Å². The molecule has 0 aliphatic carbocycles. The maximum atomic E-state index is 12.8. The molecule has 2 aromatic carbocycles. The topological polar surface area (TPSA) is 83.9 Å². The molecule has 0 fully saturated rings. The van der Waals surface area contributed by atoms with Gasteiger partial charge >= 0.3 is 6.09 Å². The molecule has 0 radical (unpaired) electrons. The largest absolute Gasteiger partial charge is 0.488 e. The van der Waals surface area contributed by atoms with Gasteiger partial charge in [0.1, 0.15) is 17.3 Å². The lowest BCUT2D eigenvalue weighted by Gasteiger charge is -2.20. The predicted octanol–water partition coefficient (Wildman–Crippen LogP) is 3.12. The first-order valence-electron chi connectivity index (χ1n) is 6.64. The molecule has 6 nitrogen and oxygen atoms in total. The molecule has 2 aromatic rings. The number of hydrogen-bond acceptors (Lipinski definition) is 4. The summed E-state index contributed by atoms with van der Waals surface area (Å²) in [6.45, 7) is 3.60. The van der Waals surface area contributed by atoms with Gasteiger partial charge in [-0.1, -0.05) is 43.0 Å². The van der Waals surface area contributed by atoms with E-state index in [2.05, 4.69) is 6.58 Å². The molecule has 2 rings (SSSR count). The zero-order valence-electron chi connectivity index (χ0n) is 12.1. The second-order valence-corrected chi connectivity index (χ2v) is 6.19. The van der Waals surface area contributed by atoms with Gasteiger partial charge in [-0.2, -0.15) is 4.31 Å². The lowest BCUT2D eigenvalue weighted by molar-refractivity contribution is 0.206. The first kappa shape index (κ1) is 16.6. The number of sulfonamides is 1. The summed E-state index contributed by atoms with van der Waals surface area (Å²) >= 11 is 0. The summed E-state index contributed by atoms with van der Waals surface area (Å²) in [5, 5.41) is 9.38. The molecule has 0 bridgehead atoms. The van der Waals surface area contributed by atoms with Gasteiger partial charge in [0.25, 0.3) is 10.0 Å². The van der Waals surface area contributed by atoms with Gasteiger partial charge in [-0.3, -0.25) is 0 Å². The number of para-hydroxylation sites is 2. The molecule has 0 unspecified atom stereocenters. The van der Waals surface area contributed by atoms with Crippen LogP contribution in [0.15, 0.2) is 72.1 Å². The smallest absolute Gasteiger partial charge is 0.426 e. The molecule has 0 saturated heterocycles. The Morgan fingerprint density at radius 3 is 2.35 bits per heavy atom. The Morgan fingerprint density at radius 2 is 1.74 bits per heavy atom. The maximum absolute atomic E-state index is 12.8. The van der Waals surface area contributed by atoms with E-state index in [4.69, 9.17) is 4.74 Å². The van der Waals surface area contributed by atoms with Crippen molar-refractivity contribution in [2.45, 2.75) is 4.90 Å². The Bertz CT molecular complexity index is 802. The number of nitrogens with zero attached hydrogens (tertiary/aromatic N) is 1. The van der Waals surface area contributed by atoms with Crippen molar-refractivity contribution in [1.29, 1.82) is 0 Å². The SMILES string of the molecule is C=CCOc1ccccc1S(=O)(=O)N(C(=O)O)c1ccccc1. The molecule has 0 saturated carbocycles. The van der Waals surface area contributed by atoms with Crippen molar-refractivity contribution in [2.24, 2.45) is 0 Å². The quantitative estimate of drug-likeness (QED) is 0.821. The number of hydrogen-bond donors (Lipinski definition) is 1. The van der Waals surface area contributed by atoms with Crippen molar-refractivity contribution in [1.82, 2.24) is 0 Å². The highest BCUT2D eigenvalue weighted by Gasteiger charge is 2.33. The molecular formula is C16H15NO5S. The minimum Gasteiger partial charge on any atom is -0.488 e. The monoisotopic (exact) mass is 333 g/mol. The molecule has 1 N–H and O–H groups in total. The normalized spacial score (nSPS) is 10.8. The second-order valence-electron chi connectivity index (χ2n) is 4.43. The van der Waals surface area contributed by atoms with Crippen molar-refractivity contribution in [3.63, 3.8) is 0 Å². The Kier molecular flexibility index (Phi) is 5.02. The van der Waals surface area contributed by atoms with Gasteiger partial charge in [0, 0.05) is 0 Å². The zero-order valence-corrected chi connectivity index (χ0v) is 12.9. The number of benzene rings is 2. The van der Waals surface area contributed by atoms with E-state index in [1.807, 2.05) is 0 Å². The first-order valence-corrected chi connectivity index (χ1v) is 8.08. The van der Waals surface area contributed by atoms with E-state index in [0.717, 1.165) is 0 Å². The van der Waals surface area contributed by atoms with Gasteiger partial charge in [0.05, 0.1) is 5.69 Å². The lowest BCUT2D eigenvalue weighted by Crippen LogP contribution is -2.36. The van der Waals surface area contributed by atoms with E-state index < -0.39 is 16.1 Å². The summed E-state index contributed by atoms with van der Waals surface area (Å²) in [6, 6.07) is 13.4. The number of carboxylic acid groups (broad SMARTS) is 1. The van der Waals surface area contributed by atoms with Crippen LogP contribution in [-0.2, 0) is 10.0 Å². The van der Waals surface area contributed by atoms with E-state index >= 15 is 0 Å². The van der Waals surface area contributed by atoms with Crippen molar-refractivity contribution >= 4 is 21.8 Å². The number of carbonyl (C=O) groups is 1. The highest BCUT2D eigenvalue weighted by molar-refractivity contribution is 7.93. The van der Waals surface area contributed by atoms with Gasteiger partial charge in [-0.05, 0) is 24.3 Å². The van der Waals surface area contributed by atoms with Gasteiger partial charge in [-0.15, -0.1) is 0 Å². The third-order valence-electron chi connectivity index (χ3n) is 2.89. The Morgan fingerprint density at radius 1 is 1.13 bits per heavy atom. The fourth-order valence-electron chi connectivity index (χ4n) is 1.94. The van der Waals surface area contributed by atoms with Crippen LogP contribution < -0.4 is 9.04 Å². The Balaban J connectivity index is 2.56. The molecule has 0 aliphatic rings. The van der Waals surface area contributed by atoms with Gasteiger partial charge in [0.15, 0.2) is 0 Å². The molecule has 120 valence electrons. The number of amides is 1. The summed E-state index contributed by atoms with van der Waals surface area (Å²) in [6.07, 6.45) is -0.134. The van der Waals surface area contributed by atoms with E-state index in [-0.39, 0.29) is 22.9 Å². The van der Waals surface area contributed by atoms with E-state index in [1.165, 1.54) is 36.4 Å². The summed E-state index contributed by atoms with van der Waals surface area (Å²) in [7, 11) is -4.34. The second kappa shape index (κ2) is 6.97. The van der Waals surface area contributed by atoms with Crippen molar-refractivity contribution in [2.75, 3.05) is 10.9 Å². The fraction of sp³-hybridized carbons (Fsp3) is 0.0625. The highest BCUT2D eigenvalue weighted by Crippen LogP contribution is 2.30. The van der Waals surface area contributed by atoms with Crippen LogP contribution in [0.4, 0.5) is 10.5 Å². The van der Waals surface area contributed by atoms with E-state index in [1.54, 1.807) is 24.3 Å². The molecule has 0 aromatic heterocycles. The van der Waals surface area contributed by atoms with E-state index in [0.29, 0.717) is 4.31 Å². The summed E-state index contributed by atoms with van der Waals surface area (Å²) in [5.74, 6) is 0.0644. The molecule has 1 amide bonds. The molecule has 0 atom stereocenters. The van der Waals surface area contributed by atoms with Crippen LogP contribution in [0.5, 0.6) is 5.75 Å². The van der Waals surface area contributed by atoms with Crippen LogP contribution >= 0.6 is 0 Å². The van der Waals surface area contributed by atoms with Crippen molar-refractivity contribution in [3.05, 3.63) is 67.3 Å². The van der Waals surface area contributed by atoms with Gasteiger partial charge in [0.2, 0.25) is 0 Å². The summed E-state index contributed by atoms with van der Waals surface area (Å²) in [5.41, 5.74) is 0.0264. The number of rotatable bonds is 6. The molecule has 0 heterocycles. The predicted molar refractivity (Wildman–Crippen MR) is 86.3 cm³/mol. The lowest BCUT2D eigenvalue weighted by atomic mass is 10.3. The molecule has 23 heavy (non-hydrogen) atoms. The first-order chi connectivity index (χ1) is 11.0. The van der Waals surface area contributed by atoms with Crippen LogP contribution in [-0.4, -0.2) is 26.2 Å². The Labute approximate surface area is 134 Å². The number of ether oxygens (including phenoxy) is 1. The van der Waals surface area contributed by atoms with Crippen LogP contribution in [0.1, 0.15) is 0 Å². The molecule has 0 aliphatic heterocycles. The van der Waals surface area contributed by atoms with Crippen LogP contribution in [0.25, 0.3) is 0 Å². The van der Waals surface area contributed by atoms with Crippen LogP contribution in [0, 0.1) is 0 Å². The van der Waals surface area contributed by atoms with E-state index in [9.17, 15) is 18.3 Å².